The number of fused-ring (bicyclic) bond motifs is 2. The maximum atomic E-state index is 13.2. The van der Waals surface area contributed by atoms with Crippen LogP contribution >= 0.6 is 11.8 Å². The van der Waals surface area contributed by atoms with Crippen molar-refractivity contribution in [3.63, 3.8) is 0 Å². The van der Waals surface area contributed by atoms with Crippen molar-refractivity contribution in [2.45, 2.75) is 63.7 Å². The Morgan fingerprint density at radius 2 is 1.85 bits per heavy atom. The van der Waals surface area contributed by atoms with Crippen LogP contribution in [0.2, 0.25) is 0 Å². The number of sulfonamides is 1. The van der Waals surface area contributed by atoms with Gasteiger partial charge < -0.3 is 11.1 Å². The topological polar surface area (TPSA) is 125 Å². The molecule has 0 saturated carbocycles. The summed E-state index contributed by atoms with van der Waals surface area (Å²) in [4.78, 5) is 24.5. The maximum Gasteiger partial charge on any atom is 0.244 e. The molecule has 9 nitrogen and oxygen atoms in total. The van der Waals surface area contributed by atoms with Crippen LogP contribution < -0.4 is 15.4 Å². The SMILES string of the molecule is CCCCC(=O)NC1=NN(C(=O)CCCC)C2(CN(S(=O)(=O)CCCN)c3ccccc32)S1. The number of unbranched alkanes of at least 4 members (excludes halogenated alkanes) is 2. The number of hydrogen-bond donors (Lipinski definition) is 2. The van der Waals surface area contributed by atoms with Crippen molar-refractivity contribution in [3.05, 3.63) is 29.8 Å². The van der Waals surface area contributed by atoms with Gasteiger partial charge in [0.25, 0.3) is 0 Å². The van der Waals surface area contributed by atoms with Crippen molar-refractivity contribution in [1.29, 1.82) is 0 Å². The van der Waals surface area contributed by atoms with Gasteiger partial charge >= 0.3 is 0 Å². The summed E-state index contributed by atoms with van der Waals surface area (Å²) in [6, 6.07) is 7.18. The second kappa shape index (κ2) is 10.9. The second-order valence-corrected chi connectivity index (χ2v) is 11.5. The molecule has 33 heavy (non-hydrogen) atoms. The monoisotopic (exact) mass is 495 g/mol. The summed E-state index contributed by atoms with van der Waals surface area (Å²) in [5.74, 6) is -0.443. The van der Waals surface area contributed by atoms with Crippen LogP contribution in [0.25, 0.3) is 0 Å². The van der Waals surface area contributed by atoms with Crippen molar-refractivity contribution >= 4 is 44.5 Å². The van der Waals surface area contributed by atoms with E-state index in [-0.39, 0.29) is 30.7 Å². The van der Waals surface area contributed by atoms with Gasteiger partial charge in [0.05, 0.1) is 18.0 Å². The summed E-state index contributed by atoms with van der Waals surface area (Å²) in [5.41, 5.74) is 6.78. The summed E-state index contributed by atoms with van der Waals surface area (Å²) < 4.78 is 27.7. The van der Waals surface area contributed by atoms with E-state index in [9.17, 15) is 18.0 Å². The normalized spacial score (nSPS) is 19.7. The van der Waals surface area contributed by atoms with Crippen LogP contribution in [-0.2, 0) is 24.5 Å². The van der Waals surface area contributed by atoms with Crippen molar-refractivity contribution in [2.75, 3.05) is 23.1 Å². The second-order valence-electron chi connectivity index (χ2n) is 8.23. The summed E-state index contributed by atoms with van der Waals surface area (Å²) in [6.07, 6.45) is 4.19. The van der Waals surface area contributed by atoms with Gasteiger partial charge in [-0.2, -0.15) is 0 Å². The van der Waals surface area contributed by atoms with E-state index in [2.05, 4.69) is 10.4 Å². The zero-order chi connectivity index (χ0) is 24.1. The predicted molar refractivity (Wildman–Crippen MR) is 132 cm³/mol. The van der Waals surface area contributed by atoms with E-state index in [1.165, 1.54) is 21.1 Å². The highest BCUT2D eigenvalue weighted by Gasteiger charge is 2.56. The van der Waals surface area contributed by atoms with Crippen LogP contribution in [0.5, 0.6) is 0 Å². The molecule has 1 aromatic rings. The molecular weight excluding hydrogens is 462 g/mol. The first-order chi connectivity index (χ1) is 15.8. The van der Waals surface area contributed by atoms with Crippen LogP contribution in [-0.4, -0.2) is 49.3 Å². The Bertz CT molecular complexity index is 1010. The number of hydrogen-bond acceptors (Lipinski definition) is 7. The van der Waals surface area contributed by atoms with Crippen LogP contribution in [0.1, 0.15) is 64.4 Å². The maximum absolute atomic E-state index is 13.2. The van der Waals surface area contributed by atoms with E-state index in [1.807, 2.05) is 26.0 Å². The number of rotatable bonds is 10. The molecule has 2 aliphatic rings. The highest BCUT2D eigenvalue weighted by Crippen LogP contribution is 2.54. The Labute approximate surface area is 200 Å². The number of nitrogens with one attached hydrogen (secondary N) is 1. The molecule has 182 valence electrons. The number of amidine groups is 1. The van der Waals surface area contributed by atoms with Crippen molar-refractivity contribution in [2.24, 2.45) is 10.8 Å². The molecule has 1 atom stereocenters. The third-order valence-corrected chi connectivity index (χ3v) is 8.72. The molecule has 0 bridgehead atoms. The number of amides is 2. The predicted octanol–water partition coefficient (Wildman–Crippen LogP) is 2.68. The molecule has 0 fully saturated rings. The standard InChI is InChI=1S/C22H33N5O4S2/c1-3-5-12-19(28)24-21-25-27(20(29)13-6-4-2)22(32-21)16-26(33(30,31)15-9-14-23)18-11-8-7-10-17(18)22/h7-8,10-11H,3-6,9,12-16,23H2,1-2H3,(H,24,25,28). The Morgan fingerprint density at radius 1 is 1.15 bits per heavy atom. The highest BCUT2D eigenvalue weighted by molar-refractivity contribution is 8.15. The largest absolute Gasteiger partial charge is 0.330 e. The van der Waals surface area contributed by atoms with Crippen LogP contribution in [0.15, 0.2) is 29.4 Å². The van der Waals surface area contributed by atoms with Gasteiger partial charge in [0, 0.05) is 18.4 Å². The first-order valence-electron chi connectivity index (χ1n) is 11.5. The van der Waals surface area contributed by atoms with E-state index in [1.54, 1.807) is 12.1 Å². The molecule has 3 N–H and O–H groups in total. The summed E-state index contributed by atoms with van der Waals surface area (Å²) >= 11 is 1.23. The van der Waals surface area contributed by atoms with Crippen LogP contribution in [0.4, 0.5) is 5.69 Å². The number of nitrogens with zero attached hydrogens (tertiary/aromatic N) is 3. The van der Waals surface area contributed by atoms with Crippen molar-refractivity contribution in [1.82, 2.24) is 10.3 Å². The summed E-state index contributed by atoms with van der Waals surface area (Å²) in [5, 5.41) is 9.02. The number of nitrogens with two attached hydrogens (primary N) is 1. The molecule has 2 amide bonds. The molecule has 1 spiro atoms. The fraction of sp³-hybridized carbons (Fsp3) is 0.591. The van der Waals surface area contributed by atoms with Gasteiger partial charge in [0.15, 0.2) is 10.0 Å². The van der Waals surface area contributed by atoms with Gasteiger partial charge in [-0.1, -0.05) is 44.9 Å². The summed E-state index contributed by atoms with van der Waals surface area (Å²) in [7, 11) is -3.65. The minimum Gasteiger partial charge on any atom is -0.330 e. The number of thioether (sulfide) groups is 1. The van der Waals surface area contributed by atoms with Crippen LogP contribution in [0, 0.1) is 0 Å². The number of benzene rings is 1. The Hall–Kier alpha value is -2.11. The van der Waals surface area contributed by atoms with E-state index in [0.717, 1.165) is 19.3 Å². The van der Waals surface area contributed by atoms with Gasteiger partial charge in [-0.15, -0.1) is 5.10 Å². The fourth-order valence-electron chi connectivity index (χ4n) is 3.93. The molecular formula is C22H33N5O4S2. The zero-order valence-corrected chi connectivity index (χ0v) is 20.9. The number of para-hydroxylation sites is 1. The van der Waals surface area contributed by atoms with Gasteiger partial charge in [-0.05, 0) is 43.6 Å². The smallest absolute Gasteiger partial charge is 0.244 e. The van der Waals surface area contributed by atoms with Gasteiger partial charge in [-0.3, -0.25) is 13.9 Å². The molecule has 0 radical (unpaired) electrons. The summed E-state index contributed by atoms with van der Waals surface area (Å²) in [6.45, 7) is 4.31. The van der Waals surface area contributed by atoms with Gasteiger partial charge in [-0.25, -0.2) is 13.4 Å². The number of hydrazone groups is 1. The highest BCUT2D eigenvalue weighted by atomic mass is 32.2. The molecule has 2 aliphatic heterocycles. The van der Waals surface area contributed by atoms with Gasteiger partial charge in [0.2, 0.25) is 21.8 Å². The molecule has 0 saturated heterocycles. The Balaban J connectivity index is 1.99. The molecule has 1 unspecified atom stereocenters. The first-order valence-corrected chi connectivity index (χ1v) is 13.9. The van der Waals surface area contributed by atoms with E-state index in [4.69, 9.17) is 5.73 Å². The van der Waals surface area contributed by atoms with Crippen molar-refractivity contribution < 1.29 is 18.0 Å². The lowest BCUT2D eigenvalue weighted by molar-refractivity contribution is -0.134. The molecule has 0 aromatic heterocycles. The molecule has 3 rings (SSSR count). The molecule has 11 heteroatoms. The first kappa shape index (κ1) is 25.5. The van der Waals surface area contributed by atoms with Crippen molar-refractivity contribution in [3.8, 4) is 0 Å². The fourth-order valence-corrected chi connectivity index (χ4v) is 6.92. The molecule has 2 heterocycles. The lowest BCUT2D eigenvalue weighted by Crippen LogP contribution is -2.46. The molecule has 1 aromatic carbocycles. The third-order valence-electron chi connectivity index (χ3n) is 5.68. The van der Waals surface area contributed by atoms with Crippen LogP contribution in [0.3, 0.4) is 0 Å². The third kappa shape index (κ3) is 5.36. The quantitative estimate of drug-likeness (QED) is 0.514. The molecule has 0 aliphatic carbocycles. The zero-order valence-electron chi connectivity index (χ0n) is 19.2. The lowest BCUT2D eigenvalue weighted by Gasteiger charge is -2.32. The number of anilines is 1. The minimum absolute atomic E-state index is 0.0274. The number of carbonyl (C=O) groups excluding carboxylic acids is 2. The Kier molecular flexibility index (Phi) is 8.41. The van der Waals surface area contributed by atoms with E-state index < -0.39 is 14.9 Å². The van der Waals surface area contributed by atoms with E-state index >= 15 is 0 Å². The minimum atomic E-state index is -3.65. The average Bonchev–Trinajstić information content (AvgIpc) is 3.33. The average molecular weight is 496 g/mol. The van der Waals surface area contributed by atoms with E-state index in [0.29, 0.717) is 42.1 Å². The number of carbonyl (C=O) groups is 2. The van der Waals surface area contributed by atoms with Gasteiger partial charge in [0.1, 0.15) is 0 Å². The lowest BCUT2D eigenvalue weighted by atomic mass is 10.1. The Morgan fingerprint density at radius 3 is 2.55 bits per heavy atom.